The van der Waals surface area contributed by atoms with E-state index in [1.807, 2.05) is 0 Å². The van der Waals surface area contributed by atoms with E-state index < -0.39 is 5.60 Å². The Bertz CT molecular complexity index is 145. The summed E-state index contributed by atoms with van der Waals surface area (Å²) < 4.78 is 0. The zero-order valence-corrected chi connectivity index (χ0v) is 8.43. The average molecular weight is 171 g/mol. The molecule has 1 saturated carbocycles. The van der Waals surface area contributed by atoms with E-state index in [-0.39, 0.29) is 6.04 Å². The summed E-state index contributed by atoms with van der Waals surface area (Å²) in [6.45, 7) is 7.19. The second-order valence-electron chi connectivity index (χ2n) is 3.90. The number of aliphatic hydroxyl groups is 1. The van der Waals surface area contributed by atoms with Crippen LogP contribution in [-0.4, -0.2) is 23.3 Å². The summed E-state index contributed by atoms with van der Waals surface area (Å²) in [6.07, 6.45) is 3.28. The van der Waals surface area contributed by atoms with Crippen LogP contribution in [0.3, 0.4) is 0 Å². The van der Waals surface area contributed by atoms with Crippen LogP contribution < -0.4 is 5.32 Å². The van der Waals surface area contributed by atoms with Gasteiger partial charge in [-0.25, -0.2) is 0 Å². The topological polar surface area (TPSA) is 32.3 Å². The van der Waals surface area contributed by atoms with Gasteiger partial charge < -0.3 is 10.4 Å². The van der Waals surface area contributed by atoms with Gasteiger partial charge in [-0.1, -0.05) is 13.8 Å². The highest BCUT2D eigenvalue weighted by Crippen LogP contribution is 2.43. The zero-order chi connectivity index (χ0) is 9.19. The zero-order valence-electron chi connectivity index (χ0n) is 8.43. The number of nitrogens with one attached hydrogen (secondary N) is 1. The molecule has 2 nitrogen and oxygen atoms in total. The molecule has 0 saturated heterocycles. The van der Waals surface area contributed by atoms with Crippen molar-refractivity contribution in [2.75, 3.05) is 6.54 Å². The molecule has 1 aliphatic rings. The van der Waals surface area contributed by atoms with E-state index >= 15 is 0 Å². The van der Waals surface area contributed by atoms with Crippen LogP contribution in [-0.2, 0) is 0 Å². The van der Waals surface area contributed by atoms with Gasteiger partial charge in [-0.3, -0.25) is 0 Å². The Morgan fingerprint density at radius 3 is 2.42 bits per heavy atom. The molecule has 12 heavy (non-hydrogen) atoms. The third-order valence-electron chi connectivity index (χ3n) is 3.11. The Balaban J connectivity index is 2.51. The second-order valence-corrected chi connectivity index (χ2v) is 3.90. The first-order chi connectivity index (χ1) is 5.65. The lowest BCUT2D eigenvalue weighted by Crippen LogP contribution is -2.50. The molecular weight excluding hydrogens is 150 g/mol. The molecule has 72 valence electrons. The Morgan fingerprint density at radius 2 is 2.08 bits per heavy atom. The van der Waals surface area contributed by atoms with Gasteiger partial charge in [0.1, 0.15) is 0 Å². The van der Waals surface area contributed by atoms with Crippen LogP contribution in [0.25, 0.3) is 0 Å². The molecule has 0 aliphatic heterocycles. The van der Waals surface area contributed by atoms with Crippen LogP contribution in [0.4, 0.5) is 0 Å². The lowest BCUT2D eigenvalue weighted by molar-refractivity contribution is -0.0170. The van der Waals surface area contributed by atoms with Gasteiger partial charge in [0.15, 0.2) is 0 Å². The standard InChI is InChI=1S/C10H21NO/c1-4-10(12,9-6-7-9)8(3)11-5-2/h8-9,11-12H,4-7H2,1-3H3. The fraction of sp³-hybridized carbons (Fsp3) is 1.00. The number of hydrogen-bond acceptors (Lipinski definition) is 2. The van der Waals surface area contributed by atoms with Crippen molar-refractivity contribution in [2.24, 2.45) is 5.92 Å². The van der Waals surface area contributed by atoms with Gasteiger partial charge >= 0.3 is 0 Å². The maximum atomic E-state index is 10.3. The highest BCUT2D eigenvalue weighted by atomic mass is 16.3. The van der Waals surface area contributed by atoms with E-state index in [2.05, 4.69) is 26.1 Å². The van der Waals surface area contributed by atoms with Crippen molar-refractivity contribution < 1.29 is 5.11 Å². The summed E-state index contributed by atoms with van der Waals surface area (Å²) in [5.74, 6) is 0.552. The summed E-state index contributed by atoms with van der Waals surface area (Å²) >= 11 is 0. The molecular formula is C10H21NO. The first kappa shape index (κ1) is 10.0. The van der Waals surface area contributed by atoms with Gasteiger partial charge in [0.2, 0.25) is 0 Å². The predicted molar refractivity (Wildman–Crippen MR) is 51.1 cm³/mol. The Morgan fingerprint density at radius 1 is 1.50 bits per heavy atom. The number of likely N-dealkylation sites (N-methyl/N-ethyl adjacent to an activating group) is 1. The molecule has 1 rings (SSSR count). The lowest BCUT2D eigenvalue weighted by atomic mass is 9.87. The summed E-state index contributed by atoms with van der Waals surface area (Å²) in [7, 11) is 0. The van der Waals surface area contributed by atoms with Crippen LogP contribution in [0.1, 0.15) is 40.0 Å². The molecule has 2 heteroatoms. The third kappa shape index (κ3) is 1.80. The van der Waals surface area contributed by atoms with Crippen molar-refractivity contribution in [3.63, 3.8) is 0 Å². The molecule has 0 amide bonds. The molecule has 1 fully saturated rings. The quantitative estimate of drug-likeness (QED) is 0.657. The van der Waals surface area contributed by atoms with Crippen molar-refractivity contribution in [3.05, 3.63) is 0 Å². The lowest BCUT2D eigenvalue weighted by Gasteiger charge is -2.34. The normalized spacial score (nSPS) is 25.0. The minimum absolute atomic E-state index is 0.236. The smallest absolute Gasteiger partial charge is 0.0822 e. The molecule has 0 radical (unpaired) electrons. The van der Waals surface area contributed by atoms with Gasteiger partial charge in [-0.05, 0) is 38.6 Å². The van der Waals surface area contributed by atoms with Gasteiger partial charge in [0.05, 0.1) is 5.60 Å². The summed E-state index contributed by atoms with van der Waals surface area (Å²) in [5, 5.41) is 13.6. The Hall–Kier alpha value is -0.0800. The van der Waals surface area contributed by atoms with Crippen LogP contribution in [0.5, 0.6) is 0 Å². The predicted octanol–water partition coefficient (Wildman–Crippen LogP) is 1.54. The Kier molecular flexibility index (Phi) is 3.13. The van der Waals surface area contributed by atoms with Crippen molar-refractivity contribution in [2.45, 2.75) is 51.7 Å². The van der Waals surface area contributed by atoms with E-state index in [0.29, 0.717) is 5.92 Å². The fourth-order valence-electron chi connectivity index (χ4n) is 2.01. The van der Waals surface area contributed by atoms with Crippen molar-refractivity contribution in [1.29, 1.82) is 0 Å². The summed E-state index contributed by atoms with van der Waals surface area (Å²) in [6, 6.07) is 0.236. The largest absolute Gasteiger partial charge is 0.388 e. The number of hydrogen-bond donors (Lipinski definition) is 2. The maximum absolute atomic E-state index is 10.3. The molecule has 0 aromatic heterocycles. The summed E-state index contributed by atoms with van der Waals surface area (Å²) in [5.41, 5.74) is -0.448. The molecule has 2 N–H and O–H groups in total. The molecule has 0 bridgehead atoms. The van der Waals surface area contributed by atoms with Gasteiger partial charge in [0.25, 0.3) is 0 Å². The highest BCUT2D eigenvalue weighted by molar-refractivity contribution is 4.99. The van der Waals surface area contributed by atoms with Crippen molar-refractivity contribution in [1.82, 2.24) is 5.32 Å². The van der Waals surface area contributed by atoms with Crippen LogP contribution in [0.2, 0.25) is 0 Å². The molecule has 0 aromatic rings. The summed E-state index contributed by atoms with van der Waals surface area (Å²) in [4.78, 5) is 0. The number of rotatable bonds is 5. The van der Waals surface area contributed by atoms with Crippen LogP contribution in [0, 0.1) is 5.92 Å². The monoisotopic (exact) mass is 171 g/mol. The van der Waals surface area contributed by atoms with Crippen molar-refractivity contribution >= 4 is 0 Å². The first-order valence-electron chi connectivity index (χ1n) is 5.10. The second kappa shape index (κ2) is 3.75. The van der Waals surface area contributed by atoms with Crippen molar-refractivity contribution in [3.8, 4) is 0 Å². The highest BCUT2D eigenvalue weighted by Gasteiger charge is 2.45. The van der Waals surface area contributed by atoms with E-state index in [0.717, 1.165) is 13.0 Å². The first-order valence-corrected chi connectivity index (χ1v) is 5.10. The third-order valence-corrected chi connectivity index (χ3v) is 3.11. The molecule has 0 aromatic carbocycles. The average Bonchev–Trinajstić information content (AvgIpc) is 2.86. The van der Waals surface area contributed by atoms with Gasteiger partial charge in [0, 0.05) is 6.04 Å². The molecule has 2 unspecified atom stereocenters. The maximum Gasteiger partial charge on any atom is 0.0822 e. The molecule has 2 atom stereocenters. The van der Waals surface area contributed by atoms with Gasteiger partial charge in [-0.2, -0.15) is 0 Å². The SMILES string of the molecule is CCNC(C)C(O)(CC)C1CC1. The molecule has 0 spiro atoms. The molecule has 0 heterocycles. The minimum Gasteiger partial charge on any atom is -0.388 e. The molecule has 1 aliphatic carbocycles. The van der Waals surface area contributed by atoms with Crippen LogP contribution in [0.15, 0.2) is 0 Å². The van der Waals surface area contributed by atoms with E-state index in [1.54, 1.807) is 0 Å². The van der Waals surface area contributed by atoms with E-state index in [4.69, 9.17) is 0 Å². The van der Waals surface area contributed by atoms with E-state index in [1.165, 1.54) is 12.8 Å². The van der Waals surface area contributed by atoms with Crippen LogP contribution >= 0.6 is 0 Å². The van der Waals surface area contributed by atoms with Gasteiger partial charge in [-0.15, -0.1) is 0 Å². The Labute approximate surface area is 75.4 Å². The van der Waals surface area contributed by atoms with E-state index in [9.17, 15) is 5.11 Å². The fourth-order valence-corrected chi connectivity index (χ4v) is 2.01. The minimum atomic E-state index is -0.448.